The Labute approximate surface area is 133 Å². The van der Waals surface area contributed by atoms with E-state index in [0.29, 0.717) is 6.54 Å². The molecule has 2 heterocycles. The number of carbonyl (C=O) groups is 1. The van der Waals surface area contributed by atoms with E-state index in [4.69, 9.17) is 0 Å². The molecule has 0 amide bonds. The zero-order chi connectivity index (χ0) is 15.4. The van der Waals surface area contributed by atoms with Crippen molar-refractivity contribution in [3.05, 3.63) is 84.4 Å². The van der Waals surface area contributed by atoms with E-state index in [1.165, 1.54) is 0 Å². The summed E-state index contributed by atoms with van der Waals surface area (Å²) >= 11 is 0. The topological polar surface area (TPSA) is 88.4 Å². The van der Waals surface area contributed by atoms with Crippen molar-refractivity contribution < 1.29 is 19.9 Å². The van der Waals surface area contributed by atoms with Crippen LogP contribution in [0.4, 0.5) is 0 Å². The fraction of sp³-hybridized carbons (Fsp3) is 0.0556. The molecule has 5 heteroatoms. The summed E-state index contributed by atoms with van der Waals surface area (Å²) in [5.74, 6) is -1.15. The number of carboxylic acids is 1. The van der Waals surface area contributed by atoms with E-state index >= 15 is 0 Å². The predicted molar refractivity (Wildman–Crippen MR) is 83.4 cm³/mol. The Morgan fingerprint density at radius 2 is 1.48 bits per heavy atom. The number of carbonyl (C=O) groups excluding carboxylic acids is 1. The van der Waals surface area contributed by atoms with Gasteiger partial charge >= 0.3 is 0 Å². The van der Waals surface area contributed by atoms with Crippen molar-refractivity contribution in [2.75, 3.05) is 0 Å². The molecule has 3 aromatic rings. The minimum Gasteiger partial charge on any atom is -0.545 e. The molecule has 2 N–H and O–H groups in total. The molecule has 0 radical (unpaired) electrons. The molecule has 0 aliphatic heterocycles. The zero-order valence-electron chi connectivity index (χ0n) is 12.3. The molecule has 0 spiro atoms. The van der Waals surface area contributed by atoms with E-state index in [0.717, 1.165) is 16.7 Å². The fourth-order valence-corrected chi connectivity index (χ4v) is 2.26. The molecule has 1 aromatic carbocycles. The molecule has 5 nitrogen and oxygen atoms in total. The number of benzene rings is 1. The van der Waals surface area contributed by atoms with E-state index in [1.54, 1.807) is 36.7 Å². The number of nitrogens with zero attached hydrogens (tertiary/aromatic N) is 2. The Morgan fingerprint density at radius 3 is 2.04 bits per heavy atom. The summed E-state index contributed by atoms with van der Waals surface area (Å²) in [5, 5.41) is 10.7. The van der Waals surface area contributed by atoms with Crippen molar-refractivity contribution >= 4 is 5.97 Å². The van der Waals surface area contributed by atoms with Gasteiger partial charge in [-0.2, -0.15) is 0 Å². The van der Waals surface area contributed by atoms with Gasteiger partial charge in [-0.15, -0.1) is 0 Å². The number of pyridine rings is 2. The average Bonchev–Trinajstić information content (AvgIpc) is 2.57. The van der Waals surface area contributed by atoms with Gasteiger partial charge in [0.1, 0.15) is 0 Å². The smallest absolute Gasteiger partial charge is 0.173 e. The Hall–Kier alpha value is -3.05. The first-order valence-electron chi connectivity index (χ1n) is 6.92. The van der Waals surface area contributed by atoms with Crippen molar-refractivity contribution in [2.24, 2.45) is 0 Å². The lowest BCUT2D eigenvalue weighted by Gasteiger charge is -2.04. The maximum atomic E-state index is 10.7. The second kappa shape index (κ2) is 7.29. The molecule has 0 bridgehead atoms. The minimum atomic E-state index is -1.15. The molecule has 0 saturated carbocycles. The van der Waals surface area contributed by atoms with Crippen molar-refractivity contribution in [3.63, 3.8) is 0 Å². The molecule has 23 heavy (non-hydrogen) atoms. The fourth-order valence-electron chi connectivity index (χ4n) is 2.26. The molecule has 116 valence electrons. The van der Waals surface area contributed by atoms with Crippen LogP contribution in [-0.2, 0) is 6.54 Å². The standard InChI is InChI=1S/C18H14N2O2.H2O/c21-18(22)17-3-1-14(2-4-17)13-20-11-7-16(8-12-20)15-5-9-19-10-6-15;/h1-12H,13H2;1H2. The van der Waals surface area contributed by atoms with Gasteiger partial charge in [0.15, 0.2) is 18.9 Å². The highest BCUT2D eigenvalue weighted by Gasteiger charge is 2.04. The highest BCUT2D eigenvalue weighted by Crippen LogP contribution is 2.15. The van der Waals surface area contributed by atoms with Gasteiger partial charge in [-0.05, 0) is 28.8 Å². The lowest BCUT2D eigenvalue weighted by Crippen LogP contribution is -2.33. The maximum absolute atomic E-state index is 10.7. The summed E-state index contributed by atoms with van der Waals surface area (Å²) in [6, 6.07) is 14.8. The van der Waals surface area contributed by atoms with Gasteiger partial charge in [0.05, 0.1) is 5.97 Å². The quantitative estimate of drug-likeness (QED) is 0.662. The van der Waals surface area contributed by atoms with Gasteiger partial charge < -0.3 is 15.4 Å². The molecule has 2 aromatic heterocycles. The summed E-state index contributed by atoms with van der Waals surface area (Å²) < 4.78 is 2.04. The third kappa shape index (κ3) is 3.99. The van der Waals surface area contributed by atoms with Crippen LogP contribution >= 0.6 is 0 Å². The normalized spacial score (nSPS) is 9.91. The zero-order valence-corrected chi connectivity index (χ0v) is 12.3. The van der Waals surface area contributed by atoms with Crippen LogP contribution in [0.3, 0.4) is 0 Å². The average molecular weight is 308 g/mol. The molecule has 0 aliphatic carbocycles. The van der Waals surface area contributed by atoms with E-state index in [2.05, 4.69) is 4.98 Å². The number of hydrogen-bond acceptors (Lipinski definition) is 3. The lowest BCUT2D eigenvalue weighted by molar-refractivity contribution is -0.688. The van der Waals surface area contributed by atoms with Crippen LogP contribution in [0.1, 0.15) is 15.9 Å². The number of aromatic carboxylic acids is 1. The van der Waals surface area contributed by atoms with Gasteiger partial charge in [-0.25, -0.2) is 4.57 Å². The molecule has 3 rings (SSSR count). The van der Waals surface area contributed by atoms with Gasteiger partial charge in [0, 0.05) is 30.1 Å². The first kappa shape index (κ1) is 16.3. The number of aromatic nitrogens is 2. The van der Waals surface area contributed by atoms with Crippen LogP contribution < -0.4 is 9.67 Å². The molecular formula is C18H16N2O3. The van der Waals surface area contributed by atoms with Crippen molar-refractivity contribution in [2.45, 2.75) is 6.54 Å². The molecule has 0 aliphatic rings. The first-order valence-corrected chi connectivity index (χ1v) is 6.92. The maximum Gasteiger partial charge on any atom is 0.173 e. The second-order valence-corrected chi connectivity index (χ2v) is 4.98. The highest BCUT2D eigenvalue weighted by atomic mass is 16.4. The van der Waals surface area contributed by atoms with E-state index in [1.807, 2.05) is 41.2 Å². The first-order chi connectivity index (χ1) is 10.7. The van der Waals surface area contributed by atoms with E-state index < -0.39 is 5.97 Å². The molecule has 0 unspecified atom stereocenters. The summed E-state index contributed by atoms with van der Waals surface area (Å²) in [5.41, 5.74) is 3.49. The van der Waals surface area contributed by atoms with Crippen LogP contribution in [0, 0.1) is 0 Å². The summed E-state index contributed by atoms with van der Waals surface area (Å²) in [4.78, 5) is 14.7. The van der Waals surface area contributed by atoms with Crippen molar-refractivity contribution in [1.82, 2.24) is 4.98 Å². The SMILES string of the molecule is O.O=C([O-])c1ccc(C[n+]2ccc(-c3ccncc3)cc2)cc1. The third-order valence-electron chi connectivity index (χ3n) is 3.46. The van der Waals surface area contributed by atoms with Crippen LogP contribution in [0.2, 0.25) is 0 Å². The monoisotopic (exact) mass is 308 g/mol. The Morgan fingerprint density at radius 1 is 0.913 bits per heavy atom. The number of hydrogen-bond donors (Lipinski definition) is 0. The number of rotatable bonds is 4. The minimum absolute atomic E-state index is 0. The summed E-state index contributed by atoms with van der Waals surface area (Å²) in [6.45, 7) is 0.684. The summed E-state index contributed by atoms with van der Waals surface area (Å²) in [7, 11) is 0. The van der Waals surface area contributed by atoms with Crippen LogP contribution in [0.5, 0.6) is 0 Å². The van der Waals surface area contributed by atoms with Crippen LogP contribution in [0.15, 0.2) is 73.3 Å². The Kier molecular flexibility index (Phi) is 5.17. The van der Waals surface area contributed by atoms with Crippen LogP contribution in [-0.4, -0.2) is 16.4 Å². The lowest BCUT2D eigenvalue weighted by atomic mass is 10.1. The summed E-state index contributed by atoms with van der Waals surface area (Å²) in [6.07, 6.45) is 7.55. The molecule has 0 saturated heterocycles. The largest absolute Gasteiger partial charge is 0.545 e. The van der Waals surface area contributed by atoms with Gasteiger partial charge in [-0.3, -0.25) is 4.98 Å². The molecular weight excluding hydrogens is 292 g/mol. The van der Waals surface area contributed by atoms with Gasteiger partial charge in [0.25, 0.3) is 0 Å². The number of carboxylic acid groups (broad SMARTS) is 1. The molecule has 0 atom stereocenters. The highest BCUT2D eigenvalue weighted by molar-refractivity contribution is 5.85. The Balaban J connectivity index is 0.00000192. The Bertz CT molecular complexity index is 770. The van der Waals surface area contributed by atoms with Gasteiger partial charge in [0.2, 0.25) is 0 Å². The second-order valence-electron chi connectivity index (χ2n) is 4.98. The predicted octanol–water partition coefficient (Wildman–Crippen LogP) is 0.623. The van der Waals surface area contributed by atoms with Crippen molar-refractivity contribution in [3.8, 4) is 11.1 Å². The third-order valence-corrected chi connectivity index (χ3v) is 3.46. The van der Waals surface area contributed by atoms with Crippen LogP contribution in [0.25, 0.3) is 11.1 Å². The van der Waals surface area contributed by atoms with E-state index in [-0.39, 0.29) is 11.0 Å². The van der Waals surface area contributed by atoms with E-state index in [9.17, 15) is 9.90 Å². The van der Waals surface area contributed by atoms with Gasteiger partial charge in [-0.1, -0.05) is 24.3 Å². The van der Waals surface area contributed by atoms with Crippen molar-refractivity contribution in [1.29, 1.82) is 0 Å². The molecule has 0 fully saturated rings.